The Labute approximate surface area is 146 Å². The molecule has 1 amide bonds. The lowest BCUT2D eigenvalue weighted by Crippen LogP contribution is -2.46. The van der Waals surface area contributed by atoms with E-state index in [1.807, 2.05) is 0 Å². The van der Waals surface area contributed by atoms with Crippen LogP contribution in [0.4, 0.5) is 4.39 Å². The Morgan fingerprint density at radius 2 is 1.72 bits per heavy atom. The van der Waals surface area contributed by atoms with E-state index in [4.69, 9.17) is 4.74 Å². The average molecular weight is 340 g/mol. The molecule has 1 N–H and O–H groups in total. The molecular weight excluding hydrogens is 319 g/mol. The summed E-state index contributed by atoms with van der Waals surface area (Å²) >= 11 is 0. The van der Waals surface area contributed by atoms with Gasteiger partial charge >= 0.3 is 0 Å². The van der Waals surface area contributed by atoms with Gasteiger partial charge < -0.3 is 15.0 Å². The molecule has 2 aromatic carbocycles. The SMILES string of the molecule is O=C(N[C@@H]1C[C@H]2CCN(C2)C1)c1ccc(Oc2ccc(F)cc2)cc1. The van der Waals surface area contributed by atoms with E-state index >= 15 is 0 Å². The second kappa shape index (κ2) is 6.84. The first kappa shape index (κ1) is 16.1. The van der Waals surface area contributed by atoms with E-state index in [1.54, 1.807) is 36.4 Å². The molecule has 2 aliphatic rings. The predicted molar refractivity (Wildman–Crippen MR) is 93.3 cm³/mol. The van der Waals surface area contributed by atoms with Gasteiger partial charge in [-0.15, -0.1) is 0 Å². The fraction of sp³-hybridized carbons (Fsp3) is 0.350. The molecule has 0 aliphatic carbocycles. The van der Waals surface area contributed by atoms with Gasteiger partial charge in [0.15, 0.2) is 0 Å². The molecule has 0 radical (unpaired) electrons. The number of benzene rings is 2. The van der Waals surface area contributed by atoms with Gasteiger partial charge in [0, 0.05) is 24.7 Å². The molecule has 4 nitrogen and oxygen atoms in total. The van der Waals surface area contributed by atoms with Crippen molar-refractivity contribution in [2.75, 3.05) is 19.6 Å². The smallest absolute Gasteiger partial charge is 0.251 e. The van der Waals surface area contributed by atoms with Crippen LogP contribution in [0.15, 0.2) is 48.5 Å². The summed E-state index contributed by atoms with van der Waals surface area (Å²) in [6.07, 6.45) is 2.33. The van der Waals surface area contributed by atoms with Crippen molar-refractivity contribution in [2.45, 2.75) is 18.9 Å². The summed E-state index contributed by atoms with van der Waals surface area (Å²) in [7, 11) is 0. The van der Waals surface area contributed by atoms with Crippen LogP contribution in [0.3, 0.4) is 0 Å². The lowest BCUT2D eigenvalue weighted by atomic mass is 9.96. The van der Waals surface area contributed by atoms with Crippen molar-refractivity contribution in [1.29, 1.82) is 0 Å². The molecule has 4 rings (SSSR count). The normalized spacial score (nSPS) is 24.8. The summed E-state index contributed by atoms with van der Waals surface area (Å²) in [5.74, 6) is 1.56. The molecule has 3 atom stereocenters. The van der Waals surface area contributed by atoms with E-state index < -0.39 is 0 Å². The van der Waals surface area contributed by atoms with Gasteiger partial charge in [-0.05, 0) is 73.8 Å². The molecule has 2 aromatic rings. The molecule has 25 heavy (non-hydrogen) atoms. The highest BCUT2D eigenvalue weighted by Crippen LogP contribution is 2.27. The number of carbonyl (C=O) groups excluding carboxylic acids is 1. The number of rotatable bonds is 4. The second-order valence-corrected chi connectivity index (χ2v) is 6.90. The monoisotopic (exact) mass is 340 g/mol. The van der Waals surface area contributed by atoms with Crippen LogP contribution in [0, 0.1) is 11.7 Å². The lowest BCUT2D eigenvalue weighted by Gasteiger charge is -2.30. The third kappa shape index (κ3) is 3.82. The first-order valence-corrected chi connectivity index (χ1v) is 8.72. The number of amides is 1. The molecule has 0 spiro atoms. The third-order valence-corrected chi connectivity index (χ3v) is 4.97. The van der Waals surface area contributed by atoms with Gasteiger partial charge in [-0.3, -0.25) is 4.79 Å². The number of hydrogen-bond acceptors (Lipinski definition) is 3. The van der Waals surface area contributed by atoms with Crippen molar-refractivity contribution in [1.82, 2.24) is 10.2 Å². The minimum atomic E-state index is -0.299. The summed E-state index contributed by atoms with van der Waals surface area (Å²) in [5.41, 5.74) is 0.624. The Bertz CT molecular complexity index is 733. The number of nitrogens with zero attached hydrogens (tertiary/aromatic N) is 1. The molecule has 0 aromatic heterocycles. The van der Waals surface area contributed by atoms with Gasteiger partial charge in [0.2, 0.25) is 0 Å². The Morgan fingerprint density at radius 1 is 1.04 bits per heavy atom. The fourth-order valence-corrected chi connectivity index (χ4v) is 3.75. The molecular formula is C20H21FN2O2. The van der Waals surface area contributed by atoms with E-state index in [-0.39, 0.29) is 17.8 Å². The number of ether oxygens (including phenoxy) is 1. The zero-order valence-electron chi connectivity index (χ0n) is 14.0. The highest BCUT2D eigenvalue weighted by molar-refractivity contribution is 5.94. The fourth-order valence-electron chi connectivity index (χ4n) is 3.75. The van der Waals surface area contributed by atoms with Gasteiger partial charge in [-0.1, -0.05) is 0 Å². The van der Waals surface area contributed by atoms with E-state index in [0.717, 1.165) is 25.4 Å². The Morgan fingerprint density at radius 3 is 2.40 bits per heavy atom. The van der Waals surface area contributed by atoms with Gasteiger partial charge in [0.05, 0.1) is 0 Å². The summed E-state index contributed by atoms with van der Waals surface area (Å²) in [4.78, 5) is 14.9. The van der Waals surface area contributed by atoms with Crippen LogP contribution in [-0.4, -0.2) is 36.5 Å². The van der Waals surface area contributed by atoms with Crippen molar-refractivity contribution in [3.63, 3.8) is 0 Å². The van der Waals surface area contributed by atoms with Crippen LogP contribution in [0.2, 0.25) is 0 Å². The van der Waals surface area contributed by atoms with E-state index in [9.17, 15) is 9.18 Å². The largest absolute Gasteiger partial charge is 0.457 e. The highest BCUT2D eigenvalue weighted by Gasteiger charge is 2.32. The molecule has 0 saturated carbocycles. The Kier molecular flexibility index (Phi) is 4.40. The first-order chi connectivity index (χ1) is 12.2. The second-order valence-electron chi connectivity index (χ2n) is 6.90. The van der Waals surface area contributed by atoms with Gasteiger partial charge in [-0.25, -0.2) is 4.39 Å². The number of nitrogens with one attached hydrogen (secondary N) is 1. The van der Waals surface area contributed by atoms with Crippen molar-refractivity contribution in [2.24, 2.45) is 5.92 Å². The molecule has 2 bridgehead atoms. The number of hydrogen-bond donors (Lipinski definition) is 1. The Balaban J connectivity index is 1.36. The number of fused-ring (bicyclic) bond motifs is 2. The third-order valence-electron chi connectivity index (χ3n) is 4.97. The van der Waals surface area contributed by atoms with E-state index in [2.05, 4.69) is 10.2 Å². The summed E-state index contributed by atoms with van der Waals surface area (Å²) in [6.45, 7) is 3.29. The van der Waals surface area contributed by atoms with Crippen molar-refractivity contribution in [3.05, 3.63) is 59.9 Å². The minimum absolute atomic E-state index is 0.0409. The van der Waals surface area contributed by atoms with E-state index in [0.29, 0.717) is 17.1 Å². The number of piperidine rings is 1. The summed E-state index contributed by atoms with van der Waals surface area (Å²) < 4.78 is 18.6. The molecule has 2 saturated heterocycles. The zero-order valence-corrected chi connectivity index (χ0v) is 14.0. The summed E-state index contributed by atoms with van der Waals surface area (Å²) in [5, 5.41) is 3.15. The molecule has 2 aliphatic heterocycles. The maximum Gasteiger partial charge on any atom is 0.251 e. The van der Waals surface area contributed by atoms with Crippen molar-refractivity contribution < 1.29 is 13.9 Å². The maximum absolute atomic E-state index is 12.9. The first-order valence-electron chi connectivity index (χ1n) is 8.72. The standard InChI is InChI=1S/C20H21FN2O2/c21-16-3-7-19(8-4-16)25-18-5-1-15(2-6-18)20(24)22-17-11-14-9-10-23(12-14)13-17/h1-8,14,17H,9-13H2,(H,22,24)/t14-,17-/m1/s1. The molecule has 5 heteroatoms. The Hall–Kier alpha value is -2.40. The number of halogens is 1. The van der Waals surface area contributed by atoms with Gasteiger partial charge in [0.25, 0.3) is 5.91 Å². The highest BCUT2D eigenvalue weighted by atomic mass is 19.1. The van der Waals surface area contributed by atoms with Crippen LogP contribution in [0.25, 0.3) is 0 Å². The van der Waals surface area contributed by atoms with Crippen LogP contribution >= 0.6 is 0 Å². The van der Waals surface area contributed by atoms with Crippen LogP contribution < -0.4 is 10.1 Å². The summed E-state index contributed by atoms with van der Waals surface area (Å²) in [6, 6.07) is 13.1. The average Bonchev–Trinajstić information content (AvgIpc) is 2.96. The van der Waals surface area contributed by atoms with Crippen molar-refractivity contribution >= 4 is 5.91 Å². The van der Waals surface area contributed by atoms with Gasteiger partial charge in [0.1, 0.15) is 17.3 Å². The topological polar surface area (TPSA) is 41.6 Å². The molecule has 1 unspecified atom stereocenters. The lowest BCUT2D eigenvalue weighted by molar-refractivity contribution is 0.0909. The predicted octanol–water partition coefficient (Wildman–Crippen LogP) is 3.44. The molecule has 2 heterocycles. The number of carbonyl (C=O) groups is 1. The minimum Gasteiger partial charge on any atom is -0.457 e. The van der Waals surface area contributed by atoms with Crippen LogP contribution in [-0.2, 0) is 0 Å². The van der Waals surface area contributed by atoms with Crippen LogP contribution in [0.5, 0.6) is 11.5 Å². The van der Waals surface area contributed by atoms with E-state index in [1.165, 1.54) is 25.1 Å². The quantitative estimate of drug-likeness (QED) is 0.927. The van der Waals surface area contributed by atoms with Crippen LogP contribution in [0.1, 0.15) is 23.2 Å². The van der Waals surface area contributed by atoms with Crippen molar-refractivity contribution in [3.8, 4) is 11.5 Å². The molecule has 2 fully saturated rings. The zero-order chi connectivity index (χ0) is 17.2. The molecule has 130 valence electrons. The maximum atomic E-state index is 12.9. The van der Waals surface area contributed by atoms with Gasteiger partial charge in [-0.2, -0.15) is 0 Å².